The Bertz CT molecular complexity index is 1220. The summed E-state index contributed by atoms with van der Waals surface area (Å²) in [5.74, 6) is -1.38. The van der Waals surface area contributed by atoms with Gasteiger partial charge in [-0.3, -0.25) is 9.59 Å². The van der Waals surface area contributed by atoms with Crippen LogP contribution in [0.1, 0.15) is 10.4 Å². The van der Waals surface area contributed by atoms with Crippen LogP contribution in [0.3, 0.4) is 0 Å². The van der Waals surface area contributed by atoms with Crippen molar-refractivity contribution in [3.63, 3.8) is 0 Å². The Hall–Kier alpha value is -4.01. The average Bonchev–Trinajstić information content (AvgIpc) is 3.26. The number of tetrazole rings is 1. The molecular formula is C18H14N6O3. The summed E-state index contributed by atoms with van der Waals surface area (Å²) in [6.45, 7) is 0. The number of ketones is 1. The standard InChI is InChI=1S/C18H14N6O3/c1-23-18(27)24(22-21-23)12-8-6-11(7-9-12)20-17(26)16(25)14-10-19-15-5-3-2-4-13(14)15/h2-10,19H,1H3,(H,20,26). The first kappa shape index (κ1) is 16.5. The molecule has 0 radical (unpaired) electrons. The van der Waals surface area contributed by atoms with Crippen LogP contribution in [0.4, 0.5) is 5.69 Å². The minimum atomic E-state index is -0.746. The monoisotopic (exact) mass is 362 g/mol. The van der Waals surface area contributed by atoms with Crippen molar-refractivity contribution in [2.24, 2.45) is 7.05 Å². The second-order valence-corrected chi connectivity index (χ2v) is 5.87. The van der Waals surface area contributed by atoms with Crippen molar-refractivity contribution >= 4 is 28.3 Å². The smallest absolute Gasteiger partial charge is 0.360 e. The van der Waals surface area contributed by atoms with Crippen LogP contribution in [0.15, 0.2) is 59.5 Å². The molecule has 9 heteroatoms. The van der Waals surface area contributed by atoms with E-state index in [1.54, 1.807) is 36.4 Å². The lowest BCUT2D eigenvalue weighted by Crippen LogP contribution is -2.23. The lowest BCUT2D eigenvalue weighted by Gasteiger charge is -2.05. The van der Waals surface area contributed by atoms with Gasteiger partial charge in [-0.25, -0.2) is 4.79 Å². The first-order valence-corrected chi connectivity index (χ1v) is 8.06. The van der Waals surface area contributed by atoms with E-state index in [9.17, 15) is 14.4 Å². The number of amides is 1. The Balaban J connectivity index is 1.53. The van der Waals surface area contributed by atoms with Crippen LogP contribution < -0.4 is 11.0 Å². The topological polar surface area (TPSA) is 115 Å². The highest BCUT2D eigenvalue weighted by Crippen LogP contribution is 2.19. The minimum absolute atomic E-state index is 0.311. The highest BCUT2D eigenvalue weighted by Gasteiger charge is 2.20. The molecule has 27 heavy (non-hydrogen) atoms. The van der Waals surface area contributed by atoms with Crippen molar-refractivity contribution in [1.82, 2.24) is 24.8 Å². The third-order valence-corrected chi connectivity index (χ3v) is 4.13. The number of aryl methyl sites for hydroxylation is 1. The molecule has 0 spiro atoms. The van der Waals surface area contributed by atoms with Gasteiger partial charge in [0.2, 0.25) is 0 Å². The zero-order chi connectivity index (χ0) is 19.0. The zero-order valence-corrected chi connectivity index (χ0v) is 14.2. The summed E-state index contributed by atoms with van der Waals surface area (Å²) in [5, 5.41) is 10.6. The van der Waals surface area contributed by atoms with Gasteiger partial charge in [0.1, 0.15) is 0 Å². The molecule has 0 aliphatic carbocycles. The quantitative estimate of drug-likeness (QED) is 0.419. The van der Waals surface area contributed by atoms with E-state index >= 15 is 0 Å². The number of hydrogen-bond donors (Lipinski definition) is 2. The number of carbonyl (C=O) groups is 2. The second kappa shape index (κ2) is 6.37. The first-order chi connectivity index (χ1) is 13.0. The van der Waals surface area contributed by atoms with Gasteiger partial charge in [-0.15, -0.1) is 0 Å². The molecule has 2 aromatic carbocycles. The Morgan fingerprint density at radius 3 is 2.48 bits per heavy atom. The molecule has 2 N–H and O–H groups in total. The SMILES string of the molecule is Cn1nnn(-c2ccc(NC(=O)C(=O)c3c[nH]c4ccccc34)cc2)c1=O. The Kier molecular flexibility index (Phi) is 3.88. The van der Waals surface area contributed by atoms with Crippen LogP contribution in [-0.2, 0) is 11.8 Å². The fraction of sp³-hybridized carbons (Fsp3) is 0.0556. The van der Waals surface area contributed by atoms with Gasteiger partial charge < -0.3 is 10.3 Å². The molecule has 134 valence electrons. The lowest BCUT2D eigenvalue weighted by atomic mass is 10.1. The highest BCUT2D eigenvalue weighted by molar-refractivity contribution is 6.48. The number of nitrogens with one attached hydrogen (secondary N) is 2. The first-order valence-electron chi connectivity index (χ1n) is 8.06. The summed E-state index contributed by atoms with van der Waals surface area (Å²) in [6.07, 6.45) is 1.52. The molecular weight excluding hydrogens is 348 g/mol. The van der Waals surface area contributed by atoms with E-state index in [1.807, 2.05) is 12.1 Å². The summed E-state index contributed by atoms with van der Waals surface area (Å²) in [7, 11) is 1.50. The Labute approximate surface area is 152 Å². The van der Waals surface area contributed by atoms with Gasteiger partial charge >= 0.3 is 5.69 Å². The number of Topliss-reactive ketones (excluding diaryl/α,β-unsaturated/α-hetero) is 1. The summed E-state index contributed by atoms with van der Waals surface area (Å²) in [6, 6.07) is 13.6. The van der Waals surface area contributed by atoms with E-state index in [0.29, 0.717) is 22.3 Å². The molecule has 0 saturated carbocycles. The molecule has 9 nitrogen and oxygen atoms in total. The van der Waals surface area contributed by atoms with Crippen molar-refractivity contribution in [2.75, 3.05) is 5.32 Å². The summed E-state index contributed by atoms with van der Waals surface area (Å²) >= 11 is 0. The van der Waals surface area contributed by atoms with E-state index in [2.05, 4.69) is 20.7 Å². The number of aromatic amines is 1. The maximum absolute atomic E-state index is 12.5. The number of rotatable bonds is 4. The number of para-hydroxylation sites is 1. The van der Waals surface area contributed by atoms with E-state index in [-0.39, 0.29) is 5.69 Å². The molecule has 1 amide bonds. The minimum Gasteiger partial charge on any atom is -0.360 e. The number of nitrogens with zero attached hydrogens (tertiary/aromatic N) is 4. The summed E-state index contributed by atoms with van der Waals surface area (Å²) in [4.78, 5) is 39.6. The van der Waals surface area contributed by atoms with E-state index in [1.165, 1.54) is 13.2 Å². The molecule has 0 fully saturated rings. The Morgan fingerprint density at radius 2 is 1.78 bits per heavy atom. The molecule has 2 heterocycles. The van der Waals surface area contributed by atoms with Crippen molar-refractivity contribution in [3.05, 3.63) is 70.8 Å². The molecule has 0 bridgehead atoms. The third kappa shape index (κ3) is 2.91. The Morgan fingerprint density at radius 1 is 1.04 bits per heavy atom. The predicted molar refractivity (Wildman–Crippen MR) is 97.9 cm³/mol. The van der Waals surface area contributed by atoms with Crippen LogP contribution in [0.2, 0.25) is 0 Å². The van der Waals surface area contributed by atoms with Crippen molar-refractivity contribution in [3.8, 4) is 5.69 Å². The molecule has 0 unspecified atom stereocenters. The van der Waals surface area contributed by atoms with Crippen LogP contribution in [0.25, 0.3) is 16.6 Å². The van der Waals surface area contributed by atoms with Gasteiger partial charge in [0, 0.05) is 29.8 Å². The zero-order valence-electron chi connectivity index (χ0n) is 14.2. The highest BCUT2D eigenvalue weighted by atomic mass is 16.2. The van der Waals surface area contributed by atoms with Crippen LogP contribution in [0, 0.1) is 0 Å². The fourth-order valence-electron chi connectivity index (χ4n) is 2.73. The van der Waals surface area contributed by atoms with Crippen LogP contribution in [0.5, 0.6) is 0 Å². The molecule has 0 aliphatic rings. The van der Waals surface area contributed by atoms with Gasteiger partial charge in [0.05, 0.1) is 11.3 Å². The number of carbonyl (C=O) groups excluding carboxylic acids is 2. The second-order valence-electron chi connectivity index (χ2n) is 5.87. The van der Waals surface area contributed by atoms with Crippen molar-refractivity contribution in [1.29, 1.82) is 0 Å². The summed E-state index contributed by atoms with van der Waals surface area (Å²) in [5.41, 5.74) is 1.63. The molecule has 0 atom stereocenters. The number of benzene rings is 2. The van der Waals surface area contributed by atoms with E-state index in [0.717, 1.165) is 14.9 Å². The maximum atomic E-state index is 12.5. The van der Waals surface area contributed by atoms with Crippen LogP contribution in [-0.4, -0.2) is 36.5 Å². The van der Waals surface area contributed by atoms with Gasteiger partial charge in [0.25, 0.3) is 11.7 Å². The molecule has 0 saturated heterocycles. The predicted octanol–water partition coefficient (Wildman–Crippen LogP) is 1.27. The number of aromatic nitrogens is 5. The third-order valence-electron chi connectivity index (χ3n) is 4.13. The van der Waals surface area contributed by atoms with Gasteiger partial charge in [-0.05, 0) is 40.8 Å². The van der Waals surface area contributed by atoms with Gasteiger partial charge in [-0.2, -0.15) is 9.36 Å². The number of anilines is 1. The lowest BCUT2D eigenvalue weighted by molar-refractivity contribution is -0.112. The number of fused-ring (bicyclic) bond motifs is 1. The van der Waals surface area contributed by atoms with Crippen LogP contribution >= 0.6 is 0 Å². The van der Waals surface area contributed by atoms with E-state index < -0.39 is 11.7 Å². The van der Waals surface area contributed by atoms with Crippen molar-refractivity contribution < 1.29 is 9.59 Å². The van der Waals surface area contributed by atoms with E-state index in [4.69, 9.17) is 0 Å². The van der Waals surface area contributed by atoms with Crippen molar-refractivity contribution in [2.45, 2.75) is 0 Å². The fourth-order valence-corrected chi connectivity index (χ4v) is 2.73. The maximum Gasteiger partial charge on any atom is 0.368 e. The normalized spacial score (nSPS) is 10.9. The largest absolute Gasteiger partial charge is 0.368 e. The molecule has 0 aliphatic heterocycles. The molecule has 4 rings (SSSR count). The molecule has 4 aromatic rings. The number of hydrogen-bond acceptors (Lipinski definition) is 5. The average molecular weight is 362 g/mol. The summed E-state index contributed by atoms with van der Waals surface area (Å²) < 4.78 is 2.23. The number of H-pyrrole nitrogens is 1. The van der Waals surface area contributed by atoms with Gasteiger partial charge in [-0.1, -0.05) is 18.2 Å². The van der Waals surface area contributed by atoms with Gasteiger partial charge in [0.15, 0.2) is 0 Å². The molecule has 2 aromatic heterocycles.